The number of hydrogen-bond donors (Lipinski definition) is 1. The van der Waals surface area contributed by atoms with Gasteiger partial charge in [-0.25, -0.2) is 4.79 Å². The first kappa shape index (κ1) is 15.2. The SMILES string of the molecule is CC(CO)N(C(=O)OC(C)(C)C)C1CCOCC1. The van der Waals surface area contributed by atoms with Crippen LogP contribution >= 0.6 is 0 Å². The highest BCUT2D eigenvalue weighted by atomic mass is 16.6. The van der Waals surface area contributed by atoms with Gasteiger partial charge < -0.3 is 19.5 Å². The van der Waals surface area contributed by atoms with E-state index in [1.54, 1.807) is 4.90 Å². The van der Waals surface area contributed by atoms with Crippen molar-refractivity contribution in [1.29, 1.82) is 0 Å². The maximum Gasteiger partial charge on any atom is 0.410 e. The number of aliphatic hydroxyl groups is 1. The summed E-state index contributed by atoms with van der Waals surface area (Å²) >= 11 is 0. The zero-order valence-corrected chi connectivity index (χ0v) is 11.8. The van der Waals surface area contributed by atoms with Crippen molar-refractivity contribution in [3.05, 3.63) is 0 Å². The van der Waals surface area contributed by atoms with E-state index in [2.05, 4.69) is 0 Å². The standard InChI is InChI=1S/C13H25NO4/c1-10(9-15)14(11-5-7-17-8-6-11)12(16)18-13(2,3)4/h10-11,15H,5-9H2,1-4H3. The Morgan fingerprint density at radius 3 is 2.44 bits per heavy atom. The largest absolute Gasteiger partial charge is 0.444 e. The molecule has 106 valence electrons. The monoisotopic (exact) mass is 259 g/mol. The number of amides is 1. The molecule has 1 unspecified atom stereocenters. The number of nitrogens with zero attached hydrogens (tertiary/aromatic N) is 1. The van der Waals surface area contributed by atoms with Crippen LogP contribution < -0.4 is 0 Å². The summed E-state index contributed by atoms with van der Waals surface area (Å²) in [5.41, 5.74) is -0.518. The molecule has 1 amide bonds. The lowest BCUT2D eigenvalue weighted by Gasteiger charge is -2.38. The molecule has 1 rings (SSSR count). The molecule has 5 heteroatoms. The van der Waals surface area contributed by atoms with Crippen molar-refractivity contribution >= 4 is 6.09 Å². The lowest BCUT2D eigenvalue weighted by atomic mass is 10.1. The van der Waals surface area contributed by atoms with E-state index in [1.165, 1.54) is 0 Å². The molecule has 1 heterocycles. The number of hydrogen-bond acceptors (Lipinski definition) is 4. The van der Waals surface area contributed by atoms with Crippen LogP contribution in [0.3, 0.4) is 0 Å². The van der Waals surface area contributed by atoms with Crippen molar-refractivity contribution < 1.29 is 19.4 Å². The second kappa shape index (κ2) is 6.38. The average Bonchev–Trinajstić information content (AvgIpc) is 2.28. The first-order chi connectivity index (χ1) is 8.35. The summed E-state index contributed by atoms with van der Waals surface area (Å²) in [5.74, 6) is 0. The predicted molar refractivity (Wildman–Crippen MR) is 68.5 cm³/mol. The normalized spacial score (nSPS) is 19.4. The van der Waals surface area contributed by atoms with Crippen molar-refractivity contribution in [2.75, 3.05) is 19.8 Å². The maximum absolute atomic E-state index is 12.2. The van der Waals surface area contributed by atoms with Crippen molar-refractivity contribution in [2.24, 2.45) is 0 Å². The molecule has 0 bridgehead atoms. The molecule has 1 aliphatic rings. The minimum atomic E-state index is -0.518. The zero-order chi connectivity index (χ0) is 13.8. The number of ether oxygens (including phenoxy) is 2. The summed E-state index contributed by atoms with van der Waals surface area (Å²) in [6, 6.07) is -0.140. The summed E-state index contributed by atoms with van der Waals surface area (Å²) in [6.07, 6.45) is 1.24. The van der Waals surface area contributed by atoms with E-state index < -0.39 is 5.60 Å². The van der Waals surface area contributed by atoms with Gasteiger partial charge in [-0.15, -0.1) is 0 Å². The fourth-order valence-electron chi connectivity index (χ4n) is 2.05. The molecule has 5 nitrogen and oxygen atoms in total. The Kier molecular flexibility index (Phi) is 5.41. The van der Waals surface area contributed by atoms with Gasteiger partial charge in [0.1, 0.15) is 5.60 Å². The summed E-state index contributed by atoms with van der Waals surface area (Å²) in [5, 5.41) is 9.30. The zero-order valence-electron chi connectivity index (χ0n) is 11.8. The third kappa shape index (κ3) is 4.46. The van der Waals surface area contributed by atoms with Crippen molar-refractivity contribution in [3.8, 4) is 0 Å². The molecule has 0 aromatic heterocycles. The molecule has 1 aliphatic heterocycles. The second-order valence-corrected chi connectivity index (χ2v) is 5.76. The summed E-state index contributed by atoms with van der Waals surface area (Å²) < 4.78 is 10.7. The Balaban J connectivity index is 2.73. The number of aliphatic hydroxyl groups excluding tert-OH is 1. The predicted octanol–water partition coefficient (Wildman–Crippen LogP) is 1.78. The quantitative estimate of drug-likeness (QED) is 0.839. The van der Waals surface area contributed by atoms with Crippen LogP contribution in [-0.2, 0) is 9.47 Å². The van der Waals surface area contributed by atoms with Gasteiger partial charge in [-0.3, -0.25) is 0 Å². The van der Waals surface area contributed by atoms with Crippen molar-refractivity contribution in [1.82, 2.24) is 4.90 Å². The van der Waals surface area contributed by atoms with Gasteiger partial charge >= 0.3 is 6.09 Å². The topological polar surface area (TPSA) is 59.0 Å². The summed E-state index contributed by atoms with van der Waals surface area (Å²) in [6.45, 7) is 8.62. The van der Waals surface area contributed by atoms with E-state index in [4.69, 9.17) is 9.47 Å². The Labute approximate surface area is 109 Å². The van der Waals surface area contributed by atoms with Gasteiger partial charge in [0, 0.05) is 19.3 Å². The van der Waals surface area contributed by atoms with E-state index in [0.717, 1.165) is 12.8 Å². The molecule has 0 aromatic carbocycles. The molecule has 0 radical (unpaired) electrons. The van der Waals surface area contributed by atoms with E-state index in [0.29, 0.717) is 13.2 Å². The van der Waals surface area contributed by atoms with Crippen LogP contribution in [0.15, 0.2) is 0 Å². The van der Waals surface area contributed by atoms with Crippen molar-refractivity contribution in [3.63, 3.8) is 0 Å². The fourth-order valence-corrected chi connectivity index (χ4v) is 2.05. The number of rotatable bonds is 3. The smallest absolute Gasteiger partial charge is 0.410 e. The van der Waals surface area contributed by atoms with E-state index in [1.807, 2.05) is 27.7 Å². The van der Waals surface area contributed by atoms with E-state index >= 15 is 0 Å². The lowest BCUT2D eigenvalue weighted by Crippen LogP contribution is -2.51. The Hall–Kier alpha value is -0.810. The van der Waals surface area contributed by atoms with Crippen LogP contribution in [0.4, 0.5) is 4.79 Å². The molecule has 18 heavy (non-hydrogen) atoms. The third-order valence-electron chi connectivity index (χ3n) is 2.93. The fraction of sp³-hybridized carbons (Fsp3) is 0.923. The molecule has 0 aromatic rings. The molecule has 1 atom stereocenters. The first-order valence-electron chi connectivity index (χ1n) is 6.55. The third-order valence-corrected chi connectivity index (χ3v) is 2.93. The highest BCUT2D eigenvalue weighted by Crippen LogP contribution is 2.20. The minimum absolute atomic E-state index is 0.0589. The first-order valence-corrected chi connectivity index (χ1v) is 6.55. The van der Waals surface area contributed by atoms with Gasteiger partial charge in [0.15, 0.2) is 0 Å². The molecule has 0 saturated carbocycles. The van der Waals surface area contributed by atoms with Crippen LogP contribution in [0.25, 0.3) is 0 Å². The van der Waals surface area contributed by atoms with Crippen LogP contribution in [0.2, 0.25) is 0 Å². The van der Waals surface area contributed by atoms with Gasteiger partial charge in [-0.05, 0) is 40.5 Å². The Morgan fingerprint density at radius 1 is 1.44 bits per heavy atom. The summed E-state index contributed by atoms with van der Waals surface area (Å²) in [7, 11) is 0. The van der Waals surface area contributed by atoms with Gasteiger partial charge in [-0.2, -0.15) is 0 Å². The van der Waals surface area contributed by atoms with E-state index in [-0.39, 0.29) is 24.8 Å². The lowest BCUT2D eigenvalue weighted by molar-refractivity contribution is -0.0231. The summed E-state index contributed by atoms with van der Waals surface area (Å²) in [4.78, 5) is 13.9. The van der Waals surface area contributed by atoms with Crippen LogP contribution in [0.5, 0.6) is 0 Å². The van der Waals surface area contributed by atoms with Crippen LogP contribution in [0, 0.1) is 0 Å². The Morgan fingerprint density at radius 2 is 2.00 bits per heavy atom. The molecule has 0 spiro atoms. The molecule has 1 fully saturated rings. The molecule has 1 N–H and O–H groups in total. The van der Waals surface area contributed by atoms with Gasteiger partial charge in [-0.1, -0.05) is 0 Å². The molecule has 0 aliphatic carbocycles. The highest BCUT2D eigenvalue weighted by molar-refractivity contribution is 5.69. The van der Waals surface area contributed by atoms with Crippen LogP contribution in [-0.4, -0.2) is 53.6 Å². The van der Waals surface area contributed by atoms with Crippen molar-refractivity contribution in [2.45, 2.75) is 58.2 Å². The average molecular weight is 259 g/mol. The number of carbonyl (C=O) groups is 1. The van der Waals surface area contributed by atoms with Gasteiger partial charge in [0.05, 0.1) is 12.6 Å². The Bertz CT molecular complexity index is 269. The molecule has 1 saturated heterocycles. The van der Waals surface area contributed by atoms with Crippen LogP contribution in [0.1, 0.15) is 40.5 Å². The van der Waals surface area contributed by atoms with Gasteiger partial charge in [0.2, 0.25) is 0 Å². The second-order valence-electron chi connectivity index (χ2n) is 5.76. The van der Waals surface area contributed by atoms with Gasteiger partial charge in [0.25, 0.3) is 0 Å². The highest BCUT2D eigenvalue weighted by Gasteiger charge is 2.32. The van der Waals surface area contributed by atoms with E-state index in [9.17, 15) is 9.90 Å². The maximum atomic E-state index is 12.2. The molecular formula is C13H25NO4. The minimum Gasteiger partial charge on any atom is -0.444 e. The number of carbonyl (C=O) groups excluding carboxylic acids is 1. The molecular weight excluding hydrogens is 234 g/mol.